The van der Waals surface area contributed by atoms with Crippen molar-refractivity contribution in [2.75, 3.05) is 26.8 Å². The molecule has 2 aromatic rings. The maximum Gasteiger partial charge on any atom is 0.124 e. The Hall–Kier alpha value is -1.14. The minimum Gasteiger partial charge on any atom is -0.395 e. The zero-order chi connectivity index (χ0) is 13.8. The molecular weight excluding hydrogens is 266 g/mol. The number of imidazole rings is 1. The second kappa shape index (κ2) is 6.34. The summed E-state index contributed by atoms with van der Waals surface area (Å²) in [5, 5.41) is 18.8. The van der Waals surface area contributed by atoms with Crippen molar-refractivity contribution in [3.8, 4) is 0 Å². The van der Waals surface area contributed by atoms with Gasteiger partial charge in [0, 0.05) is 18.1 Å². The van der Waals surface area contributed by atoms with Crippen molar-refractivity contribution in [2.24, 2.45) is 0 Å². The van der Waals surface area contributed by atoms with Gasteiger partial charge >= 0.3 is 0 Å². The van der Waals surface area contributed by atoms with E-state index in [1.807, 2.05) is 34.7 Å². The third-order valence-corrected chi connectivity index (χ3v) is 3.24. The molecule has 1 aromatic heterocycles. The lowest BCUT2D eigenvalue weighted by Gasteiger charge is -2.15. The highest BCUT2D eigenvalue weighted by atomic mass is 35.5. The summed E-state index contributed by atoms with van der Waals surface area (Å²) in [5.74, 6) is 0.863. The Labute approximate surface area is 117 Å². The highest BCUT2D eigenvalue weighted by molar-refractivity contribution is 6.31. The number of hydrogen-bond acceptors (Lipinski definition) is 4. The smallest absolute Gasteiger partial charge is 0.124 e. The van der Waals surface area contributed by atoms with Crippen LogP contribution in [-0.2, 0) is 13.1 Å². The molecule has 2 N–H and O–H groups in total. The second-order valence-electron chi connectivity index (χ2n) is 4.50. The number of aliphatic hydroxyl groups excluding tert-OH is 2. The van der Waals surface area contributed by atoms with E-state index in [4.69, 9.17) is 16.7 Å². The summed E-state index contributed by atoms with van der Waals surface area (Å²) in [6.45, 7) is 1.88. The molecule has 0 aliphatic rings. The van der Waals surface area contributed by atoms with E-state index in [2.05, 4.69) is 4.98 Å². The Morgan fingerprint density at radius 3 is 2.79 bits per heavy atom. The van der Waals surface area contributed by atoms with Gasteiger partial charge in [-0.15, -0.1) is 0 Å². The number of likely N-dealkylation sites (N-methyl/N-ethyl adjacent to an activating group) is 1. The van der Waals surface area contributed by atoms with Gasteiger partial charge in [0.1, 0.15) is 5.82 Å². The van der Waals surface area contributed by atoms with Crippen LogP contribution < -0.4 is 0 Å². The van der Waals surface area contributed by atoms with Crippen LogP contribution in [0.2, 0.25) is 5.02 Å². The van der Waals surface area contributed by atoms with Gasteiger partial charge < -0.3 is 14.8 Å². The number of halogens is 1. The molecule has 0 unspecified atom stereocenters. The highest BCUT2D eigenvalue weighted by Gasteiger charge is 2.12. The van der Waals surface area contributed by atoms with Crippen LogP contribution in [0.1, 0.15) is 5.82 Å². The number of benzene rings is 1. The predicted octanol–water partition coefficient (Wildman–Crippen LogP) is 1.11. The summed E-state index contributed by atoms with van der Waals surface area (Å²) >= 11 is 5.97. The van der Waals surface area contributed by atoms with Crippen molar-refractivity contribution in [3.05, 3.63) is 29.0 Å². The molecule has 19 heavy (non-hydrogen) atoms. The molecule has 0 atom stereocenters. The highest BCUT2D eigenvalue weighted by Crippen LogP contribution is 2.21. The van der Waals surface area contributed by atoms with Crippen molar-refractivity contribution in [2.45, 2.75) is 13.1 Å². The molecule has 0 aliphatic heterocycles. The number of rotatable bonds is 6. The molecule has 0 spiro atoms. The molecule has 1 heterocycles. The lowest BCUT2D eigenvalue weighted by Crippen LogP contribution is -2.24. The van der Waals surface area contributed by atoms with E-state index >= 15 is 0 Å². The van der Waals surface area contributed by atoms with E-state index in [1.165, 1.54) is 0 Å². The Balaban J connectivity index is 2.38. The monoisotopic (exact) mass is 283 g/mol. The topological polar surface area (TPSA) is 61.5 Å². The van der Waals surface area contributed by atoms with Gasteiger partial charge in [-0.05, 0) is 25.2 Å². The van der Waals surface area contributed by atoms with Crippen LogP contribution in [0.4, 0.5) is 0 Å². The third-order valence-electron chi connectivity index (χ3n) is 3.01. The van der Waals surface area contributed by atoms with E-state index < -0.39 is 0 Å². The maximum absolute atomic E-state index is 9.19. The van der Waals surface area contributed by atoms with Gasteiger partial charge in [-0.1, -0.05) is 11.6 Å². The minimum absolute atomic E-state index is 0.0603. The molecule has 6 heteroatoms. The average Bonchev–Trinajstić information content (AvgIpc) is 2.67. The molecule has 2 rings (SSSR count). The fourth-order valence-electron chi connectivity index (χ4n) is 2.11. The molecule has 0 fully saturated rings. The van der Waals surface area contributed by atoms with Crippen LogP contribution in [0.3, 0.4) is 0 Å². The zero-order valence-corrected chi connectivity index (χ0v) is 11.6. The average molecular weight is 284 g/mol. The molecule has 0 saturated carbocycles. The molecule has 0 amide bonds. The number of aliphatic hydroxyl groups is 2. The van der Waals surface area contributed by atoms with Crippen molar-refractivity contribution in [1.82, 2.24) is 14.5 Å². The summed E-state index contributed by atoms with van der Waals surface area (Å²) in [6.07, 6.45) is 0. The van der Waals surface area contributed by atoms with Crippen molar-refractivity contribution < 1.29 is 10.2 Å². The first-order valence-electron chi connectivity index (χ1n) is 6.20. The van der Waals surface area contributed by atoms with Crippen LogP contribution in [0, 0.1) is 0 Å². The minimum atomic E-state index is 0.0603. The molecule has 0 bridgehead atoms. The predicted molar refractivity (Wildman–Crippen MR) is 75.2 cm³/mol. The summed E-state index contributed by atoms with van der Waals surface area (Å²) in [6, 6.07) is 5.55. The Kier molecular flexibility index (Phi) is 4.76. The van der Waals surface area contributed by atoms with Crippen LogP contribution in [0.15, 0.2) is 18.2 Å². The van der Waals surface area contributed by atoms with Crippen molar-refractivity contribution in [3.63, 3.8) is 0 Å². The van der Waals surface area contributed by atoms with Crippen molar-refractivity contribution in [1.29, 1.82) is 0 Å². The second-order valence-corrected chi connectivity index (χ2v) is 4.93. The number of fused-ring (bicyclic) bond motifs is 1. The molecule has 5 nitrogen and oxygen atoms in total. The Morgan fingerprint density at radius 1 is 1.32 bits per heavy atom. The molecule has 104 valence electrons. The molecule has 0 saturated heterocycles. The van der Waals surface area contributed by atoms with Crippen LogP contribution >= 0.6 is 11.6 Å². The van der Waals surface area contributed by atoms with E-state index in [0.29, 0.717) is 24.7 Å². The van der Waals surface area contributed by atoms with Gasteiger partial charge in [-0.25, -0.2) is 4.98 Å². The number of hydrogen-bond donors (Lipinski definition) is 2. The first-order valence-corrected chi connectivity index (χ1v) is 6.58. The molecule has 0 aliphatic carbocycles. The lowest BCUT2D eigenvalue weighted by atomic mass is 10.3. The summed E-state index contributed by atoms with van der Waals surface area (Å²) in [5.41, 5.74) is 1.79. The van der Waals surface area contributed by atoms with E-state index in [-0.39, 0.29) is 13.2 Å². The molecular formula is C13H18ClN3O2. The largest absolute Gasteiger partial charge is 0.395 e. The number of aromatic nitrogens is 2. The zero-order valence-electron chi connectivity index (χ0n) is 10.9. The lowest BCUT2D eigenvalue weighted by molar-refractivity contribution is 0.211. The van der Waals surface area contributed by atoms with Crippen molar-refractivity contribution >= 4 is 22.6 Å². The number of nitrogens with zero attached hydrogens (tertiary/aromatic N) is 3. The fourth-order valence-corrected chi connectivity index (χ4v) is 2.28. The van der Waals surface area contributed by atoms with E-state index in [1.54, 1.807) is 0 Å². The quantitative estimate of drug-likeness (QED) is 0.834. The fraction of sp³-hybridized carbons (Fsp3) is 0.462. The maximum atomic E-state index is 9.19. The Bertz CT molecular complexity index is 556. The SMILES string of the molecule is CN(CCO)Cc1nc2cc(Cl)ccc2n1CCO. The summed E-state index contributed by atoms with van der Waals surface area (Å²) in [7, 11) is 1.92. The van der Waals surface area contributed by atoms with Gasteiger partial charge in [-0.2, -0.15) is 0 Å². The van der Waals surface area contributed by atoms with Gasteiger partial charge in [0.15, 0.2) is 0 Å². The van der Waals surface area contributed by atoms with Crippen LogP contribution in [0.5, 0.6) is 0 Å². The third kappa shape index (κ3) is 3.25. The van der Waals surface area contributed by atoms with E-state index in [9.17, 15) is 5.11 Å². The van der Waals surface area contributed by atoms with Gasteiger partial charge in [0.05, 0.1) is 30.8 Å². The van der Waals surface area contributed by atoms with Crippen LogP contribution in [-0.4, -0.2) is 51.5 Å². The first-order chi connectivity index (χ1) is 9.15. The standard InChI is InChI=1S/C13H18ClN3O2/c1-16(4-6-18)9-13-15-11-8-10(14)2-3-12(11)17(13)5-7-19/h2-3,8,18-19H,4-7,9H2,1H3. The molecule has 1 aromatic carbocycles. The summed E-state index contributed by atoms with van der Waals surface area (Å²) in [4.78, 5) is 6.54. The normalized spacial score (nSPS) is 11.6. The Morgan fingerprint density at radius 2 is 2.11 bits per heavy atom. The molecule has 0 radical (unpaired) electrons. The first kappa shape index (κ1) is 14.3. The van der Waals surface area contributed by atoms with Gasteiger partial charge in [0.2, 0.25) is 0 Å². The van der Waals surface area contributed by atoms with Gasteiger partial charge in [-0.3, -0.25) is 4.90 Å². The van der Waals surface area contributed by atoms with Gasteiger partial charge in [0.25, 0.3) is 0 Å². The summed E-state index contributed by atoms with van der Waals surface area (Å²) < 4.78 is 1.99. The van der Waals surface area contributed by atoms with E-state index in [0.717, 1.165) is 16.9 Å². The van der Waals surface area contributed by atoms with Crippen LogP contribution in [0.25, 0.3) is 11.0 Å².